The molecule has 0 spiro atoms. The van der Waals surface area contributed by atoms with E-state index in [1.54, 1.807) is 32.9 Å². The van der Waals surface area contributed by atoms with Crippen molar-refractivity contribution in [1.29, 1.82) is 0 Å². The number of carbonyl (C=O) groups is 1. The van der Waals surface area contributed by atoms with E-state index < -0.39 is 35.6 Å². The van der Waals surface area contributed by atoms with Gasteiger partial charge in [-0.2, -0.15) is 26.3 Å². The molecule has 1 N–H and O–H groups in total. The largest absolute Gasteiger partial charge is 0.446 e. The number of fused-ring (bicyclic) bond motifs is 1. The number of pyridine rings is 1. The molecule has 0 radical (unpaired) electrons. The molecule has 1 aliphatic heterocycles. The van der Waals surface area contributed by atoms with E-state index in [9.17, 15) is 31.1 Å². The Balaban J connectivity index is 1.94. The van der Waals surface area contributed by atoms with Crippen molar-refractivity contribution in [3.05, 3.63) is 58.3 Å². The molecule has 0 bridgehead atoms. The van der Waals surface area contributed by atoms with Crippen LogP contribution in [-0.4, -0.2) is 23.2 Å². The minimum Gasteiger partial charge on any atom is -0.446 e. The fourth-order valence-electron chi connectivity index (χ4n) is 4.10. The minimum atomic E-state index is -4.92. The lowest BCUT2D eigenvalue weighted by atomic mass is 9.91. The molecule has 3 rings (SSSR count). The van der Waals surface area contributed by atoms with Crippen LogP contribution < -0.4 is 10.2 Å². The summed E-state index contributed by atoms with van der Waals surface area (Å²) in [5.74, 6) is 0.367. The number of alkyl halides is 6. The number of nitrogens with one attached hydrogen (secondary N) is 1. The van der Waals surface area contributed by atoms with Crippen molar-refractivity contribution in [1.82, 2.24) is 10.3 Å². The van der Waals surface area contributed by atoms with Gasteiger partial charge in [-0.15, -0.1) is 0 Å². The summed E-state index contributed by atoms with van der Waals surface area (Å²) in [7, 11) is 0. The second-order valence-electron chi connectivity index (χ2n) is 8.81. The van der Waals surface area contributed by atoms with Crippen LogP contribution >= 0.6 is 0 Å². The summed E-state index contributed by atoms with van der Waals surface area (Å²) >= 11 is 0. The summed E-state index contributed by atoms with van der Waals surface area (Å²) in [4.78, 5) is 18.8. The van der Waals surface area contributed by atoms with Gasteiger partial charge >= 0.3 is 18.4 Å². The molecule has 1 aromatic carbocycles. The first-order chi connectivity index (χ1) is 16.2. The molecule has 35 heavy (non-hydrogen) atoms. The molecule has 2 aromatic rings. The Morgan fingerprint density at radius 1 is 1.11 bits per heavy atom. The van der Waals surface area contributed by atoms with Gasteiger partial charge in [-0.05, 0) is 63.4 Å². The number of nitrogens with zero attached hydrogens (tertiary/aromatic N) is 2. The number of ether oxygens (including phenoxy) is 1. The molecule has 1 amide bonds. The van der Waals surface area contributed by atoms with Crippen molar-refractivity contribution in [3.8, 4) is 0 Å². The molecule has 1 aromatic heterocycles. The van der Waals surface area contributed by atoms with Gasteiger partial charge in [0.25, 0.3) is 0 Å². The molecule has 2 unspecified atom stereocenters. The van der Waals surface area contributed by atoms with Crippen LogP contribution in [-0.2, 0) is 23.6 Å². The van der Waals surface area contributed by atoms with E-state index in [0.29, 0.717) is 42.0 Å². The van der Waals surface area contributed by atoms with Crippen molar-refractivity contribution in [2.75, 3.05) is 4.90 Å². The third-order valence-electron chi connectivity index (χ3n) is 5.73. The molecule has 0 aliphatic carbocycles. The molecule has 0 fully saturated rings. The Kier molecular flexibility index (Phi) is 7.68. The predicted octanol–water partition coefficient (Wildman–Crippen LogP) is 6.79. The fourth-order valence-corrected chi connectivity index (χ4v) is 4.10. The molecule has 0 saturated carbocycles. The minimum absolute atomic E-state index is 0.109. The molecular formula is C24H27F6N3O2. The highest BCUT2D eigenvalue weighted by Gasteiger charge is 2.39. The van der Waals surface area contributed by atoms with Gasteiger partial charge in [0, 0.05) is 29.9 Å². The highest BCUT2D eigenvalue weighted by molar-refractivity contribution is 5.89. The molecule has 2 atom stereocenters. The zero-order valence-electron chi connectivity index (χ0n) is 19.7. The van der Waals surface area contributed by atoms with Crippen LogP contribution in [0.3, 0.4) is 0 Å². The zero-order chi connectivity index (χ0) is 26.1. The molecule has 5 nitrogen and oxygen atoms in total. The number of carbonyl (C=O) groups excluding carboxylic acids is 1. The molecule has 1 aliphatic rings. The van der Waals surface area contributed by atoms with Gasteiger partial charge in [-0.3, -0.25) is 4.90 Å². The maximum absolute atomic E-state index is 13.2. The lowest BCUT2D eigenvalue weighted by Gasteiger charge is -2.39. The van der Waals surface area contributed by atoms with Crippen LogP contribution in [0.15, 0.2) is 30.3 Å². The number of hydrogen-bond donors (Lipinski definition) is 1. The van der Waals surface area contributed by atoms with E-state index in [1.807, 2.05) is 6.92 Å². The Morgan fingerprint density at radius 3 is 2.23 bits per heavy atom. The van der Waals surface area contributed by atoms with E-state index in [2.05, 4.69) is 10.3 Å². The second-order valence-corrected chi connectivity index (χ2v) is 8.81. The first-order valence-corrected chi connectivity index (χ1v) is 11.2. The third kappa shape index (κ3) is 6.25. The number of aryl methyl sites for hydroxylation is 1. The third-order valence-corrected chi connectivity index (χ3v) is 5.73. The number of hydrogen-bond acceptors (Lipinski definition) is 4. The number of anilines is 1. The lowest BCUT2D eigenvalue weighted by Crippen LogP contribution is -2.48. The molecule has 192 valence electrons. The Labute approximate surface area is 199 Å². The van der Waals surface area contributed by atoms with Crippen LogP contribution in [0.4, 0.5) is 37.0 Å². The first kappa shape index (κ1) is 26.8. The van der Waals surface area contributed by atoms with Crippen molar-refractivity contribution < 1.29 is 35.9 Å². The summed E-state index contributed by atoms with van der Waals surface area (Å²) in [6.07, 6.45) is -9.82. The Morgan fingerprint density at radius 2 is 1.71 bits per heavy atom. The number of benzene rings is 1. The van der Waals surface area contributed by atoms with Gasteiger partial charge < -0.3 is 10.1 Å². The molecule has 11 heteroatoms. The lowest BCUT2D eigenvalue weighted by molar-refractivity contribution is -0.143. The van der Waals surface area contributed by atoms with Crippen LogP contribution in [0, 0.1) is 6.92 Å². The quantitative estimate of drug-likeness (QED) is 0.457. The van der Waals surface area contributed by atoms with Gasteiger partial charge in [-0.1, -0.05) is 13.0 Å². The Bertz CT molecular complexity index is 1040. The van der Waals surface area contributed by atoms with Crippen LogP contribution in [0.5, 0.6) is 0 Å². The van der Waals surface area contributed by atoms with Crippen molar-refractivity contribution in [2.45, 2.75) is 77.6 Å². The number of rotatable bonds is 5. The number of aromatic nitrogens is 1. The van der Waals surface area contributed by atoms with E-state index in [0.717, 1.165) is 0 Å². The second kappa shape index (κ2) is 10.0. The maximum atomic E-state index is 13.2. The topological polar surface area (TPSA) is 54.5 Å². The zero-order valence-corrected chi connectivity index (χ0v) is 19.7. The van der Waals surface area contributed by atoms with Gasteiger partial charge in [0.1, 0.15) is 5.82 Å². The van der Waals surface area contributed by atoms with Crippen LogP contribution in [0.25, 0.3) is 0 Å². The highest BCUT2D eigenvalue weighted by atomic mass is 19.4. The predicted molar refractivity (Wildman–Crippen MR) is 118 cm³/mol. The normalized spacial score (nSPS) is 18.5. The summed E-state index contributed by atoms with van der Waals surface area (Å²) < 4.78 is 84.7. The van der Waals surface area contributed by atoms with Crippen molar-refractivity contribution in [3.63, 3.8) is 0 Å². The van der Waals surface area contributed by atoms with Crippen molar-refractivity contribution >= 4 is 11.9 Å². The van der Waals surface area contributed by atoms with Gasteiger partial charge in [0.15, 0.2) is 0 Å². The molecule has 2 heterocycles. The van der Waals surface area contributed by atoms with Crippen LogP contribution in [0.2, 0.25) is 0 Å². The van der Waals surface area contributed by atoms with Crippen LogP contribution in [0.1, 0.15) is 67.6 Å². The van der Waals surface area contributed by atoms with Gasteiger partial charge in [-0.25, -0.2) is 9.78 Å². The average Bonchev–Trinajstić information content (AvgIpc) is 2.74. The summed E-state index contributed by atoms with van der Waals surface area (Å²) in [5.41, 5.74) is -1.61. The molecule has 0 saturated heterocycles. The summed E-state index contributed by atoms with van der Waals surface area (Å²) in [6.45, 7) is 6.84. The standard InChI is InChI=1S/C24H27F6N3O2/c1-5-18-11-20(19-7-6-14(4)32-21(19)33(18)22(34)35-13(2)3)31-12-15-8-16(23(25,26)27)10-17(9-15)24(28,29)30/h6-10,13,18,20,31H,5,11-12H2,1-4H3. The molecular weight excluding hydrogens is 476 g/mol. The summed E-state index contributed by atoms with van der Waals surface area (Å²) in [5, 5.41) is 3.08. The van der Waals surface area contributed by atoms with E-state index >= 15 is 0 Å². The van der Waals surface area contributed by atoms with Gasteiger partial charge in [0.05, 0.1) is 17.2 Å². The first-order valence-electron chi connectivity index (χ1n) is 11.2. The smallest absolute Gasteiger partial charge is 0.416 e. The van der Waals surface area contributed by atoms with E-state index in [4.69, 9.17) is 4.74 Å². The van der Waals surface area contributed by atoms with Crippen molar-refractivity contribution in [2.24, 2.45) is 0 Å². The maximum Gasteiger partial charge on any atom is 0.416 e. The monoisotopic (exact) mass is 503 g/mol. The number of amides is 1. The fraction of sp³-hybridized carbons (Fsp3) is 0.500. The number of halogens is 6. The van der Waals surface area contributed by atoms with Gasteiger partial charge in [0.2, 0.25) is 0 Å². The van der Waals surface area contributed by atoms with E-state index in [-0.39, 0.29) is 30.3 Å². The van der Waals surface area contributed by atoms with E-state index in [1.165, 1.54) is 4.90 Å². The SMILES string of the molecule is CCC1CC(NCc2cc(C(F)(F)F)cc(C(F)(F)F)c2)c2ccc(C)nc2N1C(=O)OC(C)C. The highest BCUT2D eigenvalue weighted by Crippen LogP contribution is 2.39. The average molecular weight is 503 g/mol. The summed E-state index contributed by atoms with van der Waals surface area (Å²) in [6, 6.07) is 4.24. The Hall–Kier alpha value is -2.82.